The van der Waals surface area contributed by atoms with Crippen LogP contribution in [0.3, 0.4) is 0 Å². The topological polar surface area (TPSA) is 258 Å². The number of sulfone groups is 1. The second-order valence-electron chi connectivity index (χ2n) is 11.3. The molecule has 46 heavy (non-hydrogen) atoms. The van der Waals surface area contributed by atoms with Gasteiger partial charge in [0.05, 0.1) is 17.9 Å². The number of rotatable bonds is 12. The highest BCUT2D eigenvalue weighted by Crippen LogP contribution is 2.47. The second-order valence-corrected chi connectivity index (χ2v) is 13.6. The van der Waals surface area contributed by atoms with E-state index in [1.165, 1.54) is 36.4 Å². The predicted octanol–water partition coefficient (Wildman–Crippen LogP) is -0.627. The van der Waals surface area contributed by atoms with E-state index in [4.69, 9.17) is 32.1 Å². The van der Waals surface area contributed by atoms with Gasteiger partial charge in [0.25, 0.3) is 5.91 Å². The molecule has 1 aliphatic carbocycles. The van der Waals surface area contributed by atoms with Gasteiger partial charge >= 0.3 is 11.9 Å². The molecular weight excluding hydrogens is 618 g/mol. The van der Waals surface area contributed by atoms with Crippen LogP contribution in [0.25, 0.3) is 0 Å². The molecule has 2 fully saturated rings. The van der Waals surface area contributed by atoms with Crippen molar-refractivity contribution in [2.24, 2.45) is 29.0 Å². The Morgan fingerprint density at radius 1 is 0.957 bits per heavy atom. The highest BCUT2D eigenvalue weighted by molar-refractivity contribution is 7.92. The van der Waals surface area contributed by atoms with Gasteiger partial charge in [-0.05, 0) is 42.0 Å². The minimum absolute atomic E-state index is 0.0451. The maximum absolute atomic E-state index is 13.7. The predicted molar refractivity (Wildman–Crippen MR) is 164 cm³/mol. The van der Waals surface area contributed by atoms with Gasteiger partial charge in [0.2, 0.25) is 4.87 Å². The number of nitrogens with one attached hydrogen (secondary N) is 2. The molecule has 5 rings (SSSR count). The van der Waals surface area contributed by atoms with Crippen molar-refractivity contribution in [2.45, 2.75) is 28.7 Å². The molecule has 4 unspecified atom stereocenters. The van der Waals surface area contributed by atoms with Gasteiger partial charge in [0.1, 0.15) is 11.9 Å². The molecule has 3 aromatic rings. The molecule has 5 atom stereocenters. The van der Waals surface area contributed by atoms with Gasteiger partial charge in [-0.1, -0.05) is 66.7 Å². The normalized spacial score (nSPS) is 21.2. The number of hydrogen-bond donors (Lipinski definition) is 7. The fourth-order valence-corrected chi connectivity index (χ4v) is 6.91. The number of primary amides is 1. The third kappa shape index (κ3) is 5.74. The molecule has 0 radical (unpaired) electrons. The molecule has 1 aliphatic heterocycles. The van der Waals surface area contributed by atoms with Gasteiger partial charge in [-0.2, -0.15) is 0 Å². The van der Waals surface area contributed by atoms with Crippen LogP contribution in [0.15, 0.2) is 72.8 Å². The van der Waals surface area contributed by atoms with Crippen molar-refractivity contribution in [3.05, 3.63) is 95.1 Å². The molecule has 1 saturated heterocycles. The monoisotopic (exact) mass is 651 g/mol. The number of aliphatic hydroxyl groups is 2. The summed E-state index contributed by atoms with van der Waals surface area (Å²) < 4.78 is 38.1. The summed E-state index contributed by atoms with van der Waals surface area (Å²) >= 11 is 0. The first-order chi connectivity index (χ1) is 21.7. The molecule has 0 bridgehead atoms. The van der Waals surface area contributed by atoms with Crippen LogP contribution in [0.1, 0.15) is 28.7 Å². The number of hydrogen-bond acceptors (Lipinski definition) is 12. The number of ether oxygens (including phenoxy) is 2. The molecular formula is C31H33N5O9S. The summed E-state index contributed by atoms with van der Waals surface area (Å²) in [6.45, 7) is -0.872. The number of benzene rings is 3. The summed E-state index contributed by atoms with van der Waals surface area (Å²) in [7, 11) is -4.70. The summed E-state index contributed by atoms with van der Waals surface area (Å²) in [6, 6.07) is 16.5. The summed E-state index contributed by atoms with van der Waals surface area (Å²) in [5.74, 6) is -6.71. The summed E-state index contributed by atoms with van der Waals surface area (Å²) in [4.78, 5) is 37.1. The summed E-state index contributed by atoms with van der Waals surface area (Å²) in [5, 5.41) is 33.2. The van der Waals surface area contributed by atoms with E-state index in [9.17, 15) is 33.0 Å². The first-order valence-electron chi connectivity index (χ1n) is 14.2. The molecule has 1 amide bonds. The number of nitrogens with two attached hydrogens (primary N) is 3. The first-order valence-corrected chi connectivity index (χ1v) is 15.8. The Morgan fingerprint density at radius 3 is 2.11 bits per heavy atom. The van der Waals surface area contributed by atoms with Crippen molar-refractivity contribution >= 4 is 33.5 Å². The fraction of sp³-hybridized carbons (Fsp3) is 0.290. The van der Waals surface area contributed by atoms with E-state index in [1.54, 1.807) is 24.3 Å². The van der Waals surface area contributed by atoms with Crippen molar-refractivity contribution in [1.29, 1.82) is 5.41 Å². The number of carbonyl (C=O) groups is 3. The van der Waals surface area contributed by atoms with Crippen LogP contribution < -0.4 is 32.0 Å². The number of fused-ring (bicyclic) bond motifs is 1. The molecule has 14 nitrogen and oxygen atoms in total. The van der Waals surface area contributed by atoms with E-state index in [1.807, 2.05) is 0 Å². The van der Waals surface area contributed by atoms with Gasteiger partial charge in [0.15, 0.2) is 26.9 Å². The van der Waals surface area contributed by atoms with Gasteiger partial charge in [-0.25, -0.2) is 18.0 Å². The second kappa shape index (κ2) is 12.3. The Morgan fingerprint density at radius 2 is 1.59 bits per heavy atom. The van der Waals surface area contributed by atoms with Gasteiger partial charge < -0.3 is 42.2 Å². The van der Waals surface area contributed by atoms with Gasteiger partial charge in [-0.15, -0.1) is 0 Å². The van der Waals surface area contributed by atoms with E-state index in [-0.39, 0.29) is 28.5 Å². The molecule has 2 aliphatic rings. The van der Waals surface area contributed by atoms with Crippen molar-refractivity contribution in [1.82, 2.24) is 5.32 Å². The van der Waals surface area contributed by atoms with Crippen LogP contribution in [0.5, 0.6) is 11.5 Å². The van der Waals surface area contributed by atoms with Crippen LogP contribution in [0.2, 0.25) is 0 Å². The quantitative estimate of drug-likeness (QED) is 0.0559. The molecule has 242 valence electrons. The average Bonchev–Trinajstić information content (AvgIpc) is 3.69. The third-order valence-electron chi connectivity index (χ3n) is 8.33. The lowest BCUT2D eigenvalue weighted by atomic mass is 9.84. The van der Waals surface area contributed by atoms with E-state index < -0.39 is 79.5 Å². The number of carbonyl (C=O) groups excluding carboxylic acids is 3. The molecule has 3 aromatic carbocycles. The molecule has 0 aromatic heterocycles. The standard InChI is InChI=1S/C31H33N5O9S/c32-26(33)20-11-12-22(31(41,28(34)39)19-9-5-2-6-10-19)25(44-27(38)23-21-13-18(21)14-36-23)24(20)45-29(40)30(35,16-37)46(42,43)15-17-7-3-1-4-8-17/h1-12,18,21,23,36-37,41H,13-16,35H2,(H3,32,33)(H2,34,39)/t18?,21?,23?,30-,31?/m0/s1. The van der Waals surface area contributed by atoms with Gasteiger partial charge in [0, 0.05) is 5.56 Å². The lowest BCUT2D eigenvalue weighted by Crippen LogP contribution is -2.59. The first kappa shape index (κ1) is 32.7. The number of amidine groups is 1. The smallest absolute Gasteiger partial charge is 0.350 e. The van der Waals surface area contributed by atoms with Crippen molar-refractivity contribution in [3.8, 4) is 11.5 Å². The van der Waals surface area contributed by atoms with Crippen LogP contribution in [0, 0.1) is 17.2 Å². The number of esters is 2. The van der Waals surface area contributed by atoms with E-state index in [0.717, 1.165) is 18.6 Å². The number of amides is 1. The minimum Gasteiger partial charge on any atom is -0.421 e. The molecule has 15 heteroatoms. The highest BCUT2D eigenvalue weighted by Gasteiger charge is 2.53. The number of nitrogen functional groups attached to an aromatic ring is 1. The Labute approximate surface area is 263 Å². The zero-order valence-corrected chi connectivity index (χ0v) is 25.2. The zero-order chi connectivity index (χ0) is 33.4. The van der Waals surface area contributed by atoms with Crippen LogP contribution in [0.4, 0.5) is 0 Å². The maximum atomic E-state index is 13.7. The van der Waals surface area contributed by atoms with Gasteiger partial charge in [-0.3, -0.25) is 10.2 Å². The number of aliphatic hydroxyl groups excluding tert-OH is 1. The van der Waals surface area contributed by atoms with Crippen molar-refractivity contribution in [2.75, 3.05) is 13.2 Å². The molecule has 0 spiro atoms. The van der Waals surface area contributed by atoms with Crippen molar-refractivity contribution in [3.63, 3.8) is 0 Å². The molecule has 1 saturated carbocycles. The van der Waals surface area contributed by atoms with E-state index in [2.05, 4.69) is 5.32 Å². The summed E-state index contributed by atoms with van der Waals surface area (Å²) in [5.41, 5.74) is 14.2. The average molecular weight is 652 g/mol. The Balaban J connectivity index is 1.66. The number of piperidine rings is 1. The van der Waals surface area contributed by atoms with E-state index >= 15 is 0 Å². The Hall–Kier alpha value is -4.67. The van der Waals surface area contributed by atoms with Crippen LogP contribution in [-0.4, -0.2) is 66.4 Å². The Kier molecular flexibility index (Phi) is 8.72. The SMILES string of the molecule is N=C(N)c1ccc(C(O)(C(N)=O)c2ccccc2)c(OC(=O)C2NCC3CC32)c1OC(=O)[C@](N)(CO)S(=O)(=O)Cc1ccccc1. The zero-order valence-electron chi connectivity index (χ0n) is 24.4. The minimum atomic E-state index is -4.70. The lowest BCUT2D eigenvalue weighted by Gasteiger charge is -2.30. The van der Waals surface area contributed by atoms with Crippen LogP contribution >= 0.6 is 0 Å². The van der Waals surface area contributed by atoms with Crippen molar-refractivity contribution < 1.29 is 42.5 Å². The molecule has 10 N–H and O–H groups in total. The summed E-state index contributed by atoms with van der Waals surface area (Å²) in [6.07, 6.45) is 0.760. The Bertz CT molecular complexity index is 1810. The molecule has 1 heterocycles. The van der Waals surface area contributed by atoms with Crippen LogP contribution in [-0.2, 0) is 35.6 Å². The largest absolute Gasteiger partial charge is 0.421 e. The third-order valence-corrected chi connectivity index (χ3v) is 10.5. The lowest BCUT2D eigenvalue weighted by molar-refractivity contribution is -0.141. The van der Waals surface area contributed by atoms with E-state index in [0.29, 0.717) is 6.54 Å². The highest BCUT2D eigenvalue weighted by atomic mass is 32.2. The fourth-order valence-electron chi connectivity index (χ4n) is 5.53. The maximum Gasteiger partial charge on any atom is 0.350 e.